The quantitative estimate of drug-likeness (QED) is 0.741. The van der Waals surface area contributed by atoms with E-state index in [-0.39, 0.29) is 0 Å². The van der Waals surface area contributed by atoms with Gasteiger partial charge in [0.05, 0.1) is 10.7 Å². The zero-order chi connectivity index (χ0) is 11.8. The van der Waals surface area contributed by atoms with E-state index in [1.807, 2.05) is 24.3 Å². The van der Waals surface area contributed by atoms with E-state index >= 15 is 0 Å². The summed E-state index contributed by atoms with van der Waals surface area (Å²) >= 11 is 6.21. The Bertz CT molecular complexity index is 545. The summed E-state index contributed by atoms with van der Waals surface area (Å²) in [7, 11) is 0. The molecule has 0 fully saturated rings. The zero-order valence-electron chi connectivity index (χ0n) is 9.86. The first-order valence-electron chi connectivity index (χ1n) is 6.07. The zero-order valence-corrected chi connectivity index (χ0v) is 10.6. The molecule has 2 aromatic rings. The molecule has 0 amide bonds. The second-order valence-corrected chi connectivity index (χ2v) is 5.11. The van der Waals surface area contributed by atoms with E-state index in [0.29, 0.717) is 5.92 Å². The van der Waals surface area contributed by atoms with Crippen molar-refractivity contribution in [1.82, 2.24) is 9.55 Å². The highest BCUT2D eigenvalue weighted by molar-refractivity contribution is 6.33. The van der Waals surface area contributed by atoms with Crippen LogP contribution in [0.3, 0.4) is 0 Å². The second-order valence-electron chi connectivity index (χ2n) is 4.70. The topological polar surface area (TPSA) is 17.8 Å². The Kier molecular flexibility index (Phi) is 2.67. The lowest BCUT2D eigenvalue weighted by molar-refractivity contribution is 0.463. The lowest BCUT2D eigenvalue weighted by Gasteiger charge is -2.19. The Morgan fingerprint density at radius 1 is 1.35 bits per heavy atom. The van der Waals surface area contributed by atoms with E-state index in [1.54, 1.807) is 0 Å². The molecule has 0 radical (unpaired) electrons. The number of hydrogen-bond donors (Lipinski definition) is 0. The van der Waals surface area contributed by atoms with Gasteiger partial charge in [0.1, 0.15) is 5.82 Å². The SMILES string of the molecule is CC1CCCn2cc(-c3ccccc3Cl)nc21. The fraction of sp³-hybridized carbons (Fsp3) is 0.357. The monoisotopic (exact) mass is 246 g/mol. The molecule has 2 nitrogen and oxygen atoms in total. The van der Waals surface area contributed by atoms with Gasteiger partial charge in [0.25, 0.3) is 0 Å². The van der Waals surface area contributed by atoms with Crippen LogP contribution in [0, 0.1) is 0 Å². The van der Waals surface area contributed by atoms with Crippen LogP contribution >= 0.6 is 11.6 Å². The van der Waals surface area contributed by atoms with Crippen molar-refractivity contribution in [2.75, 3.05) is 0 Å². The van der Waals surface area contributed by atoms with Crippen molar-refractivity contribution in [2.45, 2.75) is 32.2 Å². The number of halogens is 1. The molecule has 0 spiro atoms. The molecule has 3 rings (SSSR count). The first-order valence-corrected chi connectivity index (χ1v) is 6.45. The molecule has 17 heavy (non-hydrogen) atoms. The van der Waals surface area contributed by atoms with Crippen molar-refractivity contribution >= 4 is 11.6 Å². The lowest BCUT2D eigenvalue weighted by atomic mass is 10.0. The van der Waals surface area contributed by atoms with Crippen LogP contribution in [0.4, 0.5) is 0 Å². The molecule has 2 heterocycles. The van der Waals surface area contributed by atoms with Crippen molar-refractivity contribution in [1.29, 1.82) is 0 Å². The van der Waals surface area contributed by atoms with E-state index < -0.39 is 0 Å². The Morgan fingerprint density at radius 2 is 2.18 bits per heavy atom. The van der Waals surface area contributed by atoms with E-state index in [0.717, 1.165) is 22.8 Å². The Labute approximate surface area is 106 Å². The molecule has 88 valence electrons. The normalized spacial score (nSPS) is 19.1. The van der Waals surface area contributed by atoms with E-state index in [2.05, 4.69) is 17.7 Å². The highest BCUT2D eigenvalue weighted by atomic mass is 35.5. The third-order valence-electron chi connectivity index (χ3n) is 3.43. The average molecular weight is 247 g/mol. The van der Waals surface area contributed by atoms with Gasteiger partial charge in [0.2, 0.25) is 0 Å². The summed E-state index contributed by atoms with van der Waals surface area (Å²) in [6, 6.07) is 7.90. The van der Waals surface area contributed by atoms with Gasteiger partial charge in [-0.05, 0) is 18.9 Å². The third kappa shape index (κ3) is 1.87. The molecular weight excluding hydrogens is 232 g/mol. The van der Waals surface area contributed by atoms with Gasteiger partial charge >= 0.3 is 0 Å². The van der Waals surface area contributed by atoms with Gasteiger partial charge in [-0.3, -0.25) is 0 Å². The summed E-state index contributed by atoms with van der Waals surface area (Å²) in [5.41, 5.74) is 2.03. The van der Waals surface area contributed by atoms with Crippen LogP contribution in [0.25, 0.3) is 11.3 Å². The smallest absolute Gasteiger partial charge is 0.112 e. The fourth-order valence-corrected chi connectivity index (χ4v) is 2.73. The lowest BCUT2D eigenvalue weighted by Crippen LogP contribution is -2.12. The van der Waals surface area contributed by atoms with Gasteiger partial charge in [-0.1, -0.05) is 36.7 Å². The highest BCUT2D eigenvalue weighted by Gasteiger charge is 2.20. The molecule has 1 aliphatic rings. The van der Waals surface area contributed by atoms with Gasteiger partial charge in [0, 0.05) is 24.2 Å². The summed E-state index contributed by atoms with van der Waals surface area (Å²) < 4.78 is 2.27. The van der Waals surface area contributed by atoms with Gasteiger partial charge in [0.15, 0.2) is 0 Å². The molecule has 0 bridgehead atoms. The number of imidazole rings is 1. The van der Waals surface area contributed by atoms with Crippen molar-refractivity contribution in [3.8, 4) is 11.3 Å². The number of nitrogens with zero attached hydrogens (tertiary/aromatic N) is 2. The fourth-order valence-electron chi connectivity index (χ4n) is 2.50. The molecule has 1 unspecified atom stereocenters. The largest absolute Gasteiger partial charge is 0.334 e. The van der Waals surface area contributed by atoms with Crippen molar-refractivity contribution in [3.05, 3.63) is 41.3 Å². The number of rotatable bonds is 1. The Morgan fingerprint density at radius 3 is 2.94 bits per heavy atom. The minimum absolute atomic E-state index is 0.556. The predicted molar refractivity (Wildman–Crippen MR) is 70.3 cm³/mol. The Hall–Kier alpha value is -1.28. The van der Waals surface area contributed by atoms with Crippen LogP contribution in [0.1, 0.15) is 31.5 Å². The van der Waals surface area contributed by atoms with Gasteiger partial charge in [-0.2, -0.15) is 0 Å². The van der Waals surface area contributed by atoms with Crippen LogP contribution in [0.15, 0.2) is 30.5 Å². The summed E-state index contributed by atoms with van der Waals surface area (Å²) in [4.78, 5) is 4.74. The maximum Gasteiger partial charge on any atom is 0.112 e. The second kappa shape index (κ2) is 4.19. The molecule has 1 atom stereocenters. The van der Waals surface area contributed by atoms with Gasteiger partial charge < -0.3 is 4.57 Å². The summed E-state index contributed by atoms with van der Waals surface area (Å²) in [5, 5.41) is 0.774. The van der Waals surface area contributed by atoms with Crippen LogP contribution in [0.5, 0.6) is 0 Å². The summed E-state index contributed by atoms with van der Waals surface area (Å²) in [6.45, 7) is 3.32. The third-order valence-corrected chi connectivity index (χ3v) is 3.76. The maximum absolute atomic E-state index is 6.21. The van der Waals surface area contributed by atoms with Crippen molar-refractivity contribution < 1.29 is 0 Å². The van der Waals surface area contributed by atoms with Crippen LogP contribution in [0.2, 0.25) is 5.02 Å². The molecule has 0 saturated carbocycles. The number of hydrogen-bond acceptors (Lipinski definition) is 1. The van der Waals surface area contributed by atoms with Crippen LogP contribution in [-0.4, -0.2) is 9.55 Å². The molecular formula is C14H15ClN2. The summed E-state index contributed by atoms with van der Waals surface area (Å²) in [5.74, 6) is 1.76. The van der Waals surface area contributed by atoms with Crippen LogP contribution < -0.4 is 0 Å². The van der Waals surface area contributed by atoms with Crippen LogP contribution in [-0.2, 0) is 6.54 Å². The van der Waals surface area contributed by atoms with E-state index in [4.69, 9.17) is 16.6 Å². The first-order chi connectivity index (χ1) is 8.25. The molecule has 1 aliphatic heterocycles. The summed E-state index contributed by atoms with van der Waals surface area (Å²) in [6.07, 6.45) is 4.61. The van der Waals surface area contributed by atoms with Gasteiger partial charge in [-0.15, -0.1) is 0 Å². The molecule has 0 saturated heterocycles. The maximum atomic E-state index is 6.21. The van der Waals surface area contributed by atoms with E-state index in [9.17, 15) is 0 Å². The number of aryl methyl sites for hydroxylation is 1. The van der Waals surface area contributed by atoms with E-state index in [1.165, 1.54) is 18.7 Å². The average Bonchev–Trinajstić information content (AvgIpc) is 2.75. The molecule has 3 heteroatoms. The minimum atomic E-state index is 0.556. The highest BCUT2D eigenvalue weighted by Crippen LogP contribution is 2.31. The molecule has 0 N–H and O–H groups in total. The molecule has 1 aromatic carbocycles. The number of fused-ring (bicyclic) bond motifs is 1. The van der Waals surface area contributed by atoms with Crippen molar-refractivity contribution in [2.24, 2.45) is 0 Å². The predicted octanol–water partition coefficient (Wildman–Crippen LogP) is 4.10. The van der Waals surface area contributed by atoms with Gasteiger partial charge in [-0.25, -0.2) is 4.98 Å². The van der Waals surface area contributed by atoms with Crippen molar-refractivity contribution in [3.63, 3.8) is 0 Å². The number of benzene rings is 1. The molecule has 0 aliphatic carbocycles. The standard InChI is InChI=1S/C14H15ClN2/c1-10-5-4-8-17-9-13(16-14(10)17)11-6-2-3-7-12(11)15/h2-3,6-7,9-10H,4-5,8H2,1H3. The molecule has 1 aromatic heterocycles. The first kappa shape index (κ1) is 10.8. The number of aromatic nitrogens is 2. The Balaban J connectivity index is 2.08. The minimum Gasteiger partial charge on any atom is -0.334 e.